The third kappa shape index (κ3) is 4.10. The van der Waals surface area contributed by atoms with E-state index < -0.39 is 23.6 Å². The van der Waals surface area contributed by atoms with Crippen LogP contribution in [-0.2, 0) is 0 Å². The van der Waals surface area contributed by atoms with Gasteiger partial charge in [-0.05, 0) is 18.2 Å². The molecule has 1 heterocycles. The molecule has 1 amide bonds. The Morgan fingerprint density at radius 1 is 1.14 bits per heavy atom. The second kappa shape index (κ2) is 5.70. The predicted octanol–water partition coefficient (Wildman–Crippen LogP) is 2.53. The maximum absolute atomic E-state index is 12.3. The lowest BCUT2D eigenvalue weighted by molar-refractivity contribution is -0.274. The molecule has 2 rings (SSSR count). The van der Waals surface area contributed by atoms with Crippen LogP contribution in [-0.4, -0.2) is 17.3 Å². The number of benzene rings is 1. The predicted molar refractivity (Wildman–Crippen MR) is 68.1 cm³/mol. The number of para-hydroxylation sites is 2. The zero-order chi connectivity index (χ0) is 15.5. The van der Waals surface area contributed by atoms with Crippen LogP contribution >= 0.6 is 0 Å². The Hall–Kier alpha value is -2.77. The van der Waals surface area contributed by atoms with Crippen molar-refractivity contribution in [3.05, 3.63) is 58.5 Å². The van der Waals surface area contributed by atoms with Crippen LogP contribution in [0.1, 0.15) is 10.4 Å². The number of carbonyl (C=O) groups is 1. The van der Waals surface area contributed by atoms with Crippen LogP contribution in [0, 0.1) is 0 Å². The molecule has 110 valence electrons. The Morgan fingerprint density at radius 2 is 1.86 bits per heavy atom. The van der Waals surface area contributed by atoms with E-state index in [4.69, 9.17) is 0 Å². The maximum Gasteiger partial charge on any atom is 0.573 e. The number of carbonyl (C=O) groups excluding carboxylic acids is 1. The fourth-order valence-corrected chi connectivity index (χ4v) is 1.53. The van der Waals surface area contributed by atoms with E-state index in [2.05, 4.69) is 15.0 Å². The van der Waals surface area contributed by atoms with Gasteiger partial charge in [-0.1, -0.05) is 12.1 Å². The minimum atomic E-state index is -4.86. The number of halogens is 3. The normalized spacial score (nSPS) is 11.0. The molecule has 2 N–H and O–H groups in total. The molecule has 0 spiro atoms. The highest BCUT2D eigenvalue weighted by molar-refractivity contribution is 6.04. The van der Waals surface area contributed by atoms with Gasteiger partial charge < -0.3 is 15.0 Å². The number of ether oxygens (including phenoxy) is 1. The van der Waals surface area contributed by atoms with Gasteiger partial charge in [0.05, 0.1) is 11.3 Å². The van der Waals surface area contributed by atoms with E-state index in [-0.39, 0.29) is 11.3 Å². The van der Waals surface area contributed by atoms with E-state index in [9.17, 15) is 22.8 Å². The number of amides is 1. The summed E-state index contributed by atoms with van der Waals surface area (Å²) in [5, 5.41) is 2.28. The summed E-state index contributed by atoms with van der Waals surface area (Å²) in [5.41, 5.74) is -0.435. The maximum atomic E-state index is 12.3. The smallest absolute Gasteiger partial charge is 0.404 e. The number of rotatable bonds is 3. The molecular weight excluding hydrogens is 289 g/mol. The number of H-pyrrole nitrogens is 1. The summed E-state index contributed by atoms with van der Waals surface area (Å²) in [7, 11) is 0. The zero-order valence-corrected chi connectivity index (χ0v) is 10.4. The number of pyridine rings is 1. The highest BCUT2D eigenvalue weighted by Gasteiger charge is 2.32. The lowest BCUT2D eigenvalue weighted by atomic mass is 10.2. The fourth-order valence-electron chi connectivity index (χ4n) is 1.53. The van der Waals surface area contributed by atoms with E-state index in [1.54, 1.807) is 0 Å². The molecule has 0 aliphatic heterocycles. The van der Waals surface area contributed by atoms with Gasteiger partial charge in [0, 0.05) is 12.3 Å². The van der Waals surface area contributed by atoms with Crippen molar-refractivity contribution < 1.29 is 22.7 Å². The summed E-state index contributed by atoms with van der Waals surface area (Å²) in [6.07, 6.45) is -3.70. The second-order valence-electron chi connectivity index (χ2n) is 3.94. The summed E-state index contributed by atoms with van der Waals surface area (Å²) in [4.78, 5) is 25.0. The van der Waals surface area contributed by atoms with Gasteiger partial charge in [0.1, 0.15) is 0 Å². The van der Waals surface area contributed by atoms with Gasteiger partial charge in [-0.25, -0.2) is 0 Å². The molecule has 0 fully saturated rings. The van der Waals surface area contributed by atoms with E-state index >= 15 is 0 Å². The first-order valence-electron chi connectivity index (χ1n) is 5.70. The molecule has 0 unspecified atom stereocenters. The number of anilines is 1. The Bertz CT molecular complexity index is 690. The summed E-state index contributed by atoms with van der Waals surface area (Å²) < 4.78 is 40.6. The molecule has 0 aliphatic carbocycles. The van der Waals surface area contributed by atoms with Crippen LogP contribution in [0.4, 0.5) is 18.9 Å². The first-order chi connectivity index (χ1) is 9.85. The first-order valence-corrected chi connectivity index (χ1v) is 5.70. The molecule has 21 heavy (non-hydrogen) atoms. The Labute approximate surface area is 116 Å². The Morgan fingerprint density at radius 3 is 2.48 bits per heavy atom. The van der Waals surface area contributed by atoms with Crippen molar-refractivity contribution in [2.75, 3.05) is 5.32 Å². The van der Waals surface area contributed by atoms with Crippen LogP contribution in [0.3, 0.4) is 0 Å². The number of nitrogens with one attached hydrogen (secondary N) is 2. The molecular formula is C13H9F3N2O3. The van der Waals surface area contributed by atoms with Crippen LogP contribution in [0.2, 0.25) is 0 Å². The van der Waals surface area contributed by atoms with Crippen molar-refractivity contribution in [1.29, 1.82) is 0 Å². The van der Waals surface area contributed by atoms with Gasteiger partial charge in [0.15, 0.2) is 5.75 Å². The van der Waals surface area contributed by atoms with Crippen LogP contribution < -0.4 is 15.6 Å². The van der Waals surface area contributed by atoms with E-state index in [0.29, 0.717) is 0 Å². The average Bonchev–Trinajstić information content (AvgIpc) is 2.40. The number of hydrogen-bond donors (Lipinski definition) is 2. The topological polar surface area (TPSA) is 71.2 Å². The molecule has 0 saturated carbocycles. The number of aromatic amines is 1. The molecule has 2 aromatic rings. The van der Waals surface area contributed by atoms with Crippen LogP contribution in [0.15, 0.2) is 47.4 Å². The summed E-state index contributed by atoms with van der Waals surface area (Å²) in [5.74, 6) is -1.20. The molecule has 0 atom stereocenters. The van der Waals surface area contributed by atoms with Gasteiger partial charge in [-0.2, -0.15) is 0 Å². The molecule has 8 heteroatoms. The fraction of sp³-hybridized carbons (Fsp3) is 0.0769. The second-order valence-corrected chi connectivity index (χ2v) is 3.94. The molecule has 0 saturated heterocycles. The molecule has 5 nitrogen and oxygen atoms in total. The largest absolute Gasteiger partial charge is 0.573 e. The van der Waals surface area contributed by atoms with E-state index in [0.717, 1.165) is 18.3 Å². The summed E-state index contributed by atoms with van der Waals surface area (Å²) in [6.45, 7) is 0. The van der Waals surface area contributed by atoms with Crippen molar-refractivity contribution in [3.63, 3.8) is 0 Å². The number of aromatic nitrogens is 1. The third-order valence-corrected chi connectivity index (χ3v) is 2.41. The summed E-state index contributed by atoms with van der Waals surface area (Å²) in [6, 6.07) is 7.53. The molecule has 1 aromatic heterocycles. The molecule has 0 bridgehead atoms. The van der Waals surface area contributed by atoms with Crippen molar-refractivity contribution in [2.45, 2.75) is 6.36 Å². The third-order valence-electron chi connectivity index (χ3n) is 2.41. The first kappa shape index (κ1) is 14.6. The molecule has 0 radical (unpaired) electrons. The Kier molecular flexibility index (Phi) is 3.97. The van der Waals surface area contributed by atoms with Crippen molar-refractivity contribution in [1.82, 2.24) is 4.98 Å². The quantitative estimate of drug-likeness (QED) is 0.914. The van der Waals surface area contributed by atoms with E-state index in [1.807, 2.05) is 0 Å². The van der Waals surface area contributed by atoms with Gasteiger partial charge in [0.2, 0.25) is 5.56 Å². The Balaban J connectivity index is 2.21. The minimum Gasteiger partial charge on any atom is -0.404 e. The van der Waals surface area contributed by atoms with Crippen molar-refractivity contribution in [2.24, 2.45) is 0 Å². The van der Waals surface area contributed by atoms with Gasteiger partial charge in [-0.3, -0.25) is 9.59 Å². The molecule has 0 aliphatic rings. The summed E-state index contributed by atoms with van der Waals surface area (Å²) >= 11 is 0. The zero-order valence-electron chi connectivity index (χ0n) is 10.4. The molecule has 1 aromatic carbocycles. The number of hydrogen-bond acceptors (Lipinski definition) is 3. The minimum absolute atomic E-state index is 0.0939. The van der Waals surface area contributed by atoms with Crippen molar-refractivity contribution in [3.8, 4) is 5.75 Å². The highest BCUT2D eigenvalue weighted by Crippen LogP contribution is 2.30. The van der Waals surface area contributed by atoms with Crippen molar-refractivity contribution >= 4 is 11.6 Å². The highest BCUT2D eigenvalue weighted by atomic mass is 19.4. The van der Waals surface area contributed by atoms with Gasteiger partial charge in [-0.15, -0.1) is 13.2 Å². The van der Waals surface area contributed by atoms with Gasteiger partial charge >= 0.3 is 6.36 Å². The number of alkyl halides is 3. The average molecular weight is 298 g/mol. The lowest BCUT2D eigenvalue weighted by Crippen LogP contribution is -2.20. The van der Waals surface area contributed by atoms with Crippen LogP contribution in [0.5, 0.6) is 5.75 Å². The van der Waals surface area contributed by atoms with Crippen LogP contribution in [0.25, 0.3) is 0 Å². The standard InChI is InChI=1S/C13H9F3N2O3/c14-13(15,16)21-10-4-2-1-3-9(10)18-12(20)8-5-6-11(19)17-7-8/h1-7H,(H,17,19)(H,18,20). The monoisotopic (exact) mass is 298 g/mol. The SMILES string of the molecule is O=C(Nc1ccccc1OC(F)(F)F)c1ccc(=O)[nH]c1. The van der Waals surface area contributed by atoms with E-state index in [1.165, 1.54) is 24.3 Å². The lowest BCUT2D eigenvalue weighted by Gasteiger charge is -2.13. The van der Waals surface area contributed by atoms with Gasteiger partial charge in [0.25, 0.3) is 5.91 Å².